The fraction of sp³-hybridized carbons (Fsp3) is 0.273. The molecule has 2 amide bonds. The Morgan fingerprint density at radius 2 is 1.53 bits per heavy atom. The van der Waals surface area contributed by atoms with Crippen molar-refractivity contribution in [3.8, 4) is 11.5 Å². The third kappa shape index (κ3) is 4.93. The van der Waals surface area contributed by atoms with Gasteiger partial charge in [0, 0.05) is 17.4 Å². The first-order valence-corrected chi connectivity index (χ1v) is 17.8. The summed E-state index contributed by atoms with van der Waals surface area (Å²) in [5, 5.41) is 10.8. The highest BCUT2D eigenvalue weighted by molar-refractivity contribution is 6.32. The number of fused-ring (bicyclic) bond motifs is 4. The summed E-state index contributed by atoms with van der Waals surface area (Å²) in [4.78, 5) is 60.3. The molecular formula is C44H39NO6. The van der Waals surface area contributed by atoms with E-state index in [-0.39, 0.29) is 41.3 Å². The van der Waals surface area contributed by atoms with Gasteiger partial charge in [-0.1, -0.05) is 97.4 Å². The lowest BCUT2D eigenvalue weighted by atomic mass is 9.44. The SMILES string of the molecule is CCOc1cc(C2C3=CCC4C(=O)N(c5ccc(CC)cc5)C(=O)C4C3CC3C(=O)C(c4ccccc4)=CC(=O)C32c2ccccc2)ccc1O. The number of aromatic hydroxyl groups is 1. The maximum absolute atomic E-state index is 15.2. The van der Waals surface area contributed by atoms with E-state index in [2.05, 4.69) is 6.92 Å². The molecule has 1 saturated carbocycles. The number of nitrogens with zero attached hydrogens (tertiary/aromatic N) is 1. The van der Waals surface area contributed by atoms with Crippen molar-refractivity contribution in [3.63, 3.8) is 0 Å². The van der Waals surface area contributed by atoms with Crippen molar-refractivity contribution in [1.29, 1.82) is 0 Å². The molecule has 0 bridgehead atoms. The van der Waals surface area contributed by atoms with Crippen LogP contribution in [-0.4, -0.2) is 35.1 Å². The minimum absolute atomic E-state index is 0.0328. The Labute approximate surface area is 297 Å². The fourth-order valence-electron chi connectivity index (χ4n) is 9.37. The number of hydrogen-bond acceptors (Lipinski definition) is 6. The molecule has 8 rings (SSSR count). The predicted octanol–water partition coefficient (Wildman–Crippen LogP) is 7.38. The summed E-state index contributed by atoms with van der Waals surface area (Å²) in [5.41, 5.74) is 3.58. The fourth-order valence-corrected chi connectivity index (χ4v) is 9.37. The van der Waals surface area contributed by atoms with Gasteiger partial charge < -0.3 is 9.84 Å². The zero-order valence-corrected chi connectivity index (χ0v) is 28.6. The zero-order valence-electron chi connectivity index (χ0n) is 28.6. The molecular weight excluding hydrogens is 638 g/mol. The molecule has 6 atom stereocenters. The van der Waals surface area contributed by atoms with Gasteiger partial charge in [0.05, 0.1) is 29.5 Å². The van der Waals surface area contributed by atoms with E-state index in [4.69, 9.17) is 4.74 Å². The van der Waals surface area contributed by atoms with Crippen LogP contribution in [0.15, 0.2) is 121 Å². The Morgan fingerprint density at radius 1 is 0.824 bits per heavy atom. The van der Waals surface area contributed by atoms with E-state index in [0.29, 0.717) is 41.0 Å². The van der Waals surface area contributed by atoms with E-state index >= 15 is 9.59 Å². The van der Waals surface area contributed by atoms with E-state index < -0.39 is 35.0 Å². The molecule has 3 aliphatic carbocycles. The second-order valence-electron chi connectivity index (χ2n) is 14.0. The molecule has 7 nitrogen and oxygen atoms in total. The van der Waals surface area contributed by atoms with Crippen molar-refractivity contribution in [1.82, 2.24) is 0 Å². The Kier molecular flexibility index (Phi) is 8.09. The van der Waals surface area contributed by atoms with Crippen LogP contribution in [0.3, 0.4) is 0 Å². The molecule has 1 heterocycles. The van der Waals surface area contributed by atoms with Gasteiger partial charge in [0.25, 0.3) is 0 Å². The van der Waals surface area contributed by atoms with Crippen LogP contribution in [-0.2, 0) is 31.0 Å². The largest absolute Gasteiger partial charge is 0.504 e. The van der Waals surface area contributed by atoms with E-state index in [1.54, 1.807) is 18.2 Å². The number of imide groups is 1. The number of Topliss-reactive ketones (excluding diaryl/α,β-unsaturated/α-hetero) is 1. The van der Waals surface area contributed by atoms with Crippen LogP contribution < -0.4 is 9.64 Å². The van der Waals surface area contributed by atoms with Crippen LogP contribution >= 0.6 is 0 Å². The summed E-state index contributed by atoms with van der Waals surface area (Å²) in [6.45, 7) is 4.20. The number of carbonyl (C=O) groups is 4. The van der Waals surface area contributed by atoms with Crippen molar-refractivity contribution in [2.24, 2.45) is 23.7 Å². The molecule has 4 aromatic rings. The number of anilines is 1. The van der Waals surface area contributed by atoms with Crippen molar-refractivity contribution in [2.75, 3.05) is 11.5 Å². The molecule has 4 aliphatic rings. The third-order valence-corrected chi connectivity index (χ3v) is 11.6. The highest BCUT2D eigenvalue weighted by Gasteiger charge is 2.66. The number of ether oxygens (including phenoxy) is 1. The Bertz CT molecular complexity index is 2120. The molecule has 2 fully saturated rings. The summed E-state index contributed by atoms with van der Waals surface area (Å²) >= 11 is 0. The Hall–Kier alpha value is -5.56. The topological polar surface area (TPSA) is 101 Å². The number of allylic oxidation sites excluding steroid dienone is 4. The number of aryl methyl sites for hydroxylation is 1. The van der Waals surface area contributed by atoms with Gasteiger partial charge in [0.2, 0.25) is 11.8 Å². The van der Waals surface area contributed by atoms with Crippen molar-refractivity contribution in [2.45, 2.75) is 44.4 Å². The van der Waals surface area contributed by atoms with Crippen molar-refractivity contribution < 1.29 is 29.0 Å². The predicted molar refractivity (Wildman–Crippen MR) is 194 cm³/mol. The minimum atomic E-state index is -1.35. The summed E-state index contributed by atoms with van der Waals surface area (Å²) in [6, 6.07) is 31.4. The average Bonchev–Trinajstić information content (AvgIpc) is 3.42. The quantitative estimate of drug-likeness (QED) is 0.162. The number of ketones is 2. The summed E-state index contributed by atoms with van der Waals surface area (Å²) in [7, 11) is 0. The molecule has 256 valence electrons. The van der Waals surface area contributed by atoms with E-state index in [9.17, 15) is 14.7 Å². The number of benzene rings is 4. The van der Waals surface area contributed by atoms with Crippen LogP contribution in [0.5, 0.6) is 11.5 Å². The number of phenols is 1. The molecule has 51 heavy (non-hydrogen) atoms. The van der Waals surface area contributed by atoms with Gasteiger partial charge in [-0.25, -0.2) is 0 Å². The Morgan fingerprint density at radius 3 is 2.22 bits per heavy atom. The summed E-state index contributed by atoms with van der Waals surface area (Å²) in [6.07, 6.45) is 4.96. The van der Waals surface area contributed by atoms with Crippen LogP contribution in [0.25, 0.3) is 5.57 Å². The number of rotatable bonds is 7. The van der Waals surface area contributed by atoms with Crippen LogP contribution in [0.2, 0.25) is 0 Å². The van der Waals surface area contributed by atoms with Crippen LogP contribution in [0.1, 0.15) is 54.9 Å². The second-order valence-corrected chi connectivity index (χ2v) is 14.0. The van der Waals surface area contributed by atoms with Gasteiger partial charge in [-0.05, 0) is 84.7 Å². The first-order valence-electron chi connectivity index (χ1n) is 17.8. The monoisotopic (exact) mass is 677 g/mol. The van der Waals surface area contributed by atoms with Gasteiger partial charge in [-0.2, -0.15) is 0 Å². The normalized spacial score (nSPS) is 26.9. The first-order chi connectivity index (χ1) is 24.8. The maximum atomic E-state index is 15.2. The Balaban J connectivity index is 1.35. The van der Waals surface area contributed by atoms with Crippen molar-refractivity contribution in [3.05, 3.63) is 143 Å². The highest BCUT2D eigenvalue weighted by Crippen LogP contribution is 2.64. The molecule has 0 radical (unpaired) electrons. The van der Waals surface area contributed by atoms with Crippen LogP contribution in [0.4, 0.5) is 5.69 Å². The van der Waals surface area contributed by atoms with Gasteiger partial charge in [0.1, 0.15) is 0 Å². The lowest BCUT2D eigenvalue weighted by molar-refractivity contribution is -0.135. The second kappa shape index (κ2) is 12.6. The number of phenolic OH excluding ortho intramolecular Hbond substituents is 1. The standard InChI is InChI=1S/C44H39NO6/c1-3-26-15-18-30(19-16-26)45-42(49)32-21-20-31-34(39(32)43(45)50)24-35-41(48)33(27-11-7-5-8-12-27)25-38(47)44(35,29-13-9-6-10-14-29)40(31)28-17-22-36(46)37(23-28)51-4-2/h5-20,22-23,25,32,34-35,39-40,46H,3-4,21,24H2,1-2H3. The maximum Gasteiger partial charge on any atom is 0.238 e. The molecule has 0 spiro atoms. The van der Waals surface area contributed by atoms with Gasteiger partial charge in [-0.3, -0.25) is 24.1 Å². The molecule has 1 saturated heterocycles. The van der Waals surface area contributed by atoms with Crippen molar-refractivity contribution >= 4 is 34.6 Å². The molecule has 7 heteroatoms. The zero-order chi connectivity index (χ0) is 35.4. The lowest BCUT2D eigenvalue weighted by Gasteiger charge is -2.55. The van der Waals surface area contributed by atoms with E-state index in [1.165, 1.54) is 11.0 Å². The van der Waals surface area contributed by atoms with E-state index in [0.717, 1.165) is 17.6 Å². The molecule has 1 N–H and O–H groups in total. The molecule has 4 aromatic carbocycles. The molecule has 1 aliphatic heterocycles. The summed E-state index contributed by atoms with van der Waals surface area (Å²) in [5.74, 6) is -3.92. The minimum Gasteiger partial charge on any atom is -0.504 e. The molecule has 6 unspecified atom stereocenters. The van der Waals surface area contributed by atoms with Gasteiger partial charge in [-0.15, -0.1) is 0 Å². The lowest BCUT2D eigenvalue weighted by Crippen LogP contribution is -2.58. The first kappa shape index (κ1) is 32.6. The highest BCUT2D eigenvalue weighted by atomic mass is 16.5. The third-order valence-electron chi connectivity index (χ3n) is 11.6. The smallest absolute Gasteiger partial charge is 0.238 e. The number of amides is 2. The molecule has 0 aromatic heterocycles. The van der Waals surface area contributed by atoms with E-state index in [1.807, 2.05) is 97.9 Å². The average molecular weight is 678 g/mol. The van der Waals surface area contributed by atoms with Gasteiger partial charge >= 0.3 is 0 Å². The summed E-state index contributed by atoms with van der Waals surface area (Å²) < 4.78 is 5.84. The van der Waals surface area contributed by atoms with Gasteiger partial charge in [0.15, 0.2) is 23.1 Å². The number of hydrogen-bond donors (Lipinski definition) is 1. The number of carbonyl (C=O) groups excluding carboxylic acids is 4. The van der Waals surface area contributed by atoms with Crippen LogP contribution in [0, 0.1) is 23.7 Å².